The van der Waals surface area contributed by atoms with Gasteiger partial charge in [0.05, 0.1) is 11.4 Å². The average Bonchev–Trinajstić information content (AvgIpc) is 2.96. The number of thioether (sulfide) groups is 1. The van der Waals surface area contributed by atoms with Crippen molar-refractivity contribution in [1.82, 2.24) is 10.3 Å². The van der Waals surface area contributed by atoms with Crippen LogP contribution in [0.5, 0.6) is 0 Å². The van der Waals surface area contributed by atoms with Gasteiger partial charge in [0, 0.05) is 23.2 Å². The molecule has 3 nitrogen and oxygen atoms in total. The van der Waals surface area contributed by atoms with E-state index in [4.69, 9.17) is 0 Å². The monoisotopic (exact) mass is 352 g/mol. The third-order valence-electron chi connectivity index (χ3n) is 3.17. The molecule has 0 fully saturated rings. The van der Waals surface area contributed by atoms with E-state index in [9.17, 15) is 9.18 Å². The van der Waals surface area contributed by atoms with Crippen LogP contribution in [0.2, 0.25) is 0 Å². The first kappa shape index (κ1) is 17.9. The van der Waals surface area contributed by atoms with Crippen LogP contribution in [-0.4, -0.2) is 23.2 Å². The van der Waals surface area contributed by atoms with Gasteiger partial charge in [-0.25, -0.2) is 9.37 Å². The highest BCUT2D eigenvalue weighted by molar-refractivity contribution is 7.99. The van der Waals surface area contributed by atoms with Gasteiger partial charge < -0.3 is 5.32 Å². The number of nitrogens with zero attached hydrogens (tertiary/aromatic N) is 1. The van der Waals surface area contributed by atoms with Gasteiger partial charge in [0.2, 0.25) is 5.91 Å². The van der Waals surface area contributed by atoms with E-state index < -0.39 is 0 Å². The molecule has 1 aromatic heterocycles. The van der Waals surface area contributed by atoms with E-state index in [0.29, 0.717) is 17.4 Å². The Hall–Kier alpha value is -1.40. The molecule has 0 bridgehead atoms. The lowest BCUT2D eigenvalue weighted by atomic mass is 10.1. The Morgan fingerprint density at radius 1 is 1.35 bits per heavy atom. The van der Waals surface area contributed by atoms with Crippen LogP contribution in [0, 0.1) is 11.7 Å². The number of amides is 1. The van der Waals surface area contributed by atoms with E-state index in [2.05, 4.69) is 24.1 Å². The summed E-state index contributed by atoms with van der Waals surface area (Å²) in [5.74, 6) is 1.58. The minimum Gasteiger partial charge on any atom is -0.355 e. The van der Waals surface area contributed by atoms with Crippen molar-refractivity contribution in [2.45, 2.75) is 26.0 Å². The molecule has 0 atom stereocenters. The van der Waals surface area contributed by atoms with Crippen LogP contribution in [0.15, 0.2) is 29.6 Å². The number of halogens is 1. The second-order valence-corrected chi connectivity index (χ2v) is 7.52. The Bertz CT molecular complexity index is 626. The van der Waals surface area contributed by atoms with Crippen LogP contribution in [0.3, 0.4) is 0 Å². The van der Waals surface area contributed by atoms with Gasteiger partial charge in [0.15, 0.2) is 0 Å². The molecule has 0 saturated carbocycles. The second-order valence-electron chi connectivity index (χ2n) is 5.68. The molecule has 1 amide bonds. The van der Waals surface area contributed by atoms with E-state index in [1.165, 1.54) is 23.5 Å². The maximum absolute atomic E-state index is 12.9. The van der Waals surface area contributed by atoms with Crippen molar-refractivity contribution in [1.29, 1.82) is 0 Å². The SMILES string of the molecule is CC(C)CCNC(=O)CSCc1csc(-c2ccc(F)cc2)n1. The van der Waals surface area contributed by atoms with E-state index in [1.807, 2.05) is 5.38 Å². The fourth-order valence-electron chi connectivity index (χ4n) is 1.90. The van der Waals surface area contributed by atoms with Crippen LogP contribution < -0.4 is 5.32 Å². The van der Waals surface area contributed by atoms with Crippen LogP contribution >= 0.6 is 23.1 Å². The molecule has 1 heterocycles. The summed E-state index contributed by atoms with van der Waals surface area (Å²) in [4.78, 5) is 16.2. The molecule has 2 aromatic rings. The third kappa shape index (κ3) is 6.31. The van der Waals surface area contributed by atoms with Crippen LogP contribution in [0.4, 0.5) is 4.39 Å². The standard InChI is InChI=1S/C17H21FN2OS2/c1-12(2)7-8-19-16(21)11-22-9-15-10-23-17(20-15)13-3-5-14(18)6-4-13/h3-6,10,12H,7-9,11H2,1-2H3,(H,19,21). The summed E-state index contributed by atoms with van der Waals surface area (Å²) >= 11 is 3.09. The fraction of sp³-hybridized carbons (Fsp3) is 0.412. The van der Waals surface area contributed by atoms with Gasteiger partial charge in [0.25, 0.3) is 0 Å². The highest BCUT2D eigenvalue weighted by Crippen LogP contribution is 2.25. The molecule has 0 saturated heterocycles. The minimum absolute atomic E-state index is 0.0737. The van der Waals surface area contributed by atoms with Crippen molar-refractivity contribution < 1.29 is 9.18 Å². The molecule has 1 aromatic carbocycles. The molecule has 0 aliphatic heterocycles. The van der Waals surface area contributed by atoms with E-state index in [1.54, 1.807) is 23.9 Å². The number of rotatable bonds is 8. The normalized spacial score (nSPS) is 11.0. The minimum atomic E-state index is -0.246. The summed E-state index contributed by atoms with van der Waals surface area (Å²) < 4.78 is 12.9. The summed E-state index contributed by atoms with van der Waals surface area (Å²) in [5.41, 5.74) is 1.87. The Balaban J connectivity index is 1.74. The number of thiazole rings is 1. The summed E-state index contributed by atoms with van der Waals surface area (Å²) in [5, 5.41) is 5.79. The Morgan fingerprint density at radius 2 is 2.09 bits per heavy atom. The van der Waals surface area contributed by atoms with Gasteiger partial charge >= 0.3 is 0 Å². The molecule has 1 N–H and O–H groups in total. The van der Waals surface area contributed by atoms with Gasteiger partial charge in [-0.15, -0.1) is 23.1 Å². The predicted molar refractivity (Wildman–Crippen MR) is 96.1 cm³/mol. The fourth-order valence-corrected chi connectivity index (χ4v) is 3.58. The lowest BCUT2D eigenvalue weighted by molar-refractivity contribution is -0.118. The van der Waals surface area contributed by atoms with Crippen LogP contribution in [-0.2, 0) is 10.5 Å². The highest BCUT2D eigenvalue weighted by Gasteiger charge is 2.07. The Labute approximate surface area is 144 Å². The van der Waals surface area contributed by atoms with Crippen LogP contribution in [0.1, 0.15) is 26.0 Å². The molecular formula is C17H21FN2OS2. The van der Waals surface area contributed by atoms with Crippen LogP contribution in [0.25, 0.3) is 10.6 Å². The van der Waals surface area contributed by atoms with Gasteiger partial charge in [0.1, 0.15) is 10.8 Å². The van der Waals surface area contributed by atoms with Gasteiger partial charge in [-0.2, -0.15) is 0 Å². The largest absolute Gasteiger partial charge is 0.355 e. The van der Waals surface area contributed by atoms with Crippen molar-refractivity contribution in [2.24, 2.45) is 5.92 Å². The van der Waals surface area contributed by atoms with E-state index in [-0.39, 0.29) is 11.7 Å². The molecule has 23 heavy (non-hydrogen) atoms. The zero-order valence-corrected chi connectivity index (χ0v) is 15.0. The Kier molecular flexibility index (Phi) is 7.05. The summed E-state index contributed by atoms with van der Waals surface area (Å²) in [6, 6.07) is 6.33. The second kappa shape index (κ2) is 9.03. The van der Waals surface area contributed by atoms with Gasteiger partial charge in [-0.05, 0) is 36.6 Å². The van der Waals surface area contributed by atoms with Crippen molar-refractivity contribution in [2.75, 3.05) is 12.3 Å². The van der Waals surface area contributed by atoms with Crippen molar-refractivity contribution in [3.63, 3.8) is 0 Å². The topological polar surface area (TPSA) is 42.0 Å². The molecule has 0 aliphatic rings. The number of hydrogen-bond acceptors (Lipinski definition) is 4. The lowest BCUT2D eigenvalue weighted by Crippen LogP contribution is -2.26. The van der Waals surface area contributed by atoms with E-state index >= 15 is 0 Å². The number of carbonyl (C=O) groups excluding carboxylic acids is 1. The first-order valence-electron chi connectivity index (χ1n) is 7.59. The molecule has 124 valence electrons. The lowest BCUT2D eigenvalue weighted by Gasteiger charge is -2.06. The van der Waals surface area contributed by atoms with Gasteiger partial charge in [-0.3, -0.25) is 4.79 Å². The molecule has 0 unspecified atom stereocenters. The molecule has 6 heteroatoms. The summed E-state index contributed by atoms with van der Waals surface area (Å²) in [6.45, 7) is 5.02. The van der Waals surface area contributed by atoms with Crippen molar-refractivity contribution >= 4 is 29.0 Å². The number of aromatic nitrogens is 1. The first-order chi connectivity index (χ1) is 11.0. The molecule has 2 rings (SSSR count). The summed E-state index contributed by atoms with van der Waals surface area (Å²) in [7, 11) is 0. The smallest absolute Gasteiger partial charge is 0.230 e. The number of hydrogen-bond donors (Lipinski definition) is 1. The number of nitrogens with one attached hydrogen (secondary N) is 1. The quantitative estimate of drug-likeness (QED) is 0.768. The maximum atomic E-state index is 12.9. The molecule has 0 radical (unpaired) electrons. The third-order valence-corrected chi connectivity index (χ3v) is 5.08. The number of carbonyl (C=O) groups is 1. The zero-order chi connectivity index (χ0) is 16.7. The average molecular weight is 352 g/mol. The molecule has 0 aliphatic carbocycles. The molecule has 0 spiro atoms. The zero-order valence-electron chi connectivity index (χ0n) is 13.3. The Morgan fingerprint density at radius 3 is 2.78 bits per heavy atom. The highest BCUT2D eigenvalue weighted by atomic mass is 32.2. The number of benzene rings is 1. The predicted octanol–water partition coefficient (Wildman–Crippen LogP) is 4.34. The summed E-state index contributed by atoms with van der Waals surface area (Å²) in [6.07, 6.45) is 1.00. The first-order valence-corrected chi connectivity index (χ1v) is 9.63. The van der Waals surface area contributed by atoms with Crippen molar-refractivity contribution in [3.8, 4) is 10.6 Å². The molecular weight excluding hydrogens is 331 g/mol. The maximum Gasteiger partial charge on any atom is 0.230 e. The van der Waals surface area contributed by atoms with Crippen molar-refractivity contribution in [3.05, 3.63) is 41.2 Å². The van der Waals surface area contributed by atoms with E-state index in [0.717, 1.165) is 29.2 Å². The van der Waals surface area contributed by atoms with Gasteiger partial charge in [-0.1, -0.05) is 13.8 Å².